The van der Waals surface area contributed by atoms with Gasteiger partial charge in [-0.3, -0.25) is 19.3 Å². The molecule has 1 heterocycles. The van der Waals surface area contributed by atoms with Gasteiger partial charge in [0, 0.05) is 31.7 Å². The summed E-state index contributed by atoms with van der Waals surface area (Å²) >= 11 is 0. The first-order valence-corrected chi connectivity index (χ1v) is 7.46. The van der Waals surface area contributed by atoms with Gasteiger partial charge in [-0.15, -0.1) is 0 Å². The molecule has 5 heteroatoms. The maximum absolute atomic E-state index is 12.7. The maximum Gasteiger partial charge on any atom is 0.254 e. The minimum atomic E-state index is -0.794. The van der Waals surface area contributed by atoms with Crippen molar-refractivity contribution in [2.45, 2.75) is 26.3 Å². The summed E-state index contributed by atoms with van der Waals surface area (Å²) in [4.78, 5) is 39.4. The molecular weight excluding hydrogens is 280 g/mol. The Hall–Kier alpha value is -2.43. The zero-order chi connectivity index (χ0) is 16.1. The van der Waals surface area contributed by atoms with Crippen LogP contribution in [-0.4, -0.2) is 46.7 Å². The molecule has 1 aliphatic rings. The van der Waals surface area contributed by atoms with Crippen molar-refractivity contribution in [3.05, 3.63) is 48.0 Å². The molecule has 2 rings (SSSR count). The second kappa shape index (κ2) is 7.02. The second-order valence-electron chi connectivity index (χ2n) is 5.10. The largest absolute Gasteiger partial charge is 0.341 e. The van der Waals surface area contributed by atoms with Crippen LogP contribution >= 0.6 is 0 Å². The van der Waals surface area contributed by atoms with E-state index in [9.17, 15) is 14.4 Å². The van der Waals surface area contributed by atoms with Crippen LogP contribution in [0.25, 0.3) is 0 Å². The molecule has 0 fully saturated rings. The minimum Gasteiger partial charge on any atom is -0.341 e. The van der Waals surface area contributed by atoms with E-state index in [-0.39, 0.29) is 5.91 Å². The van der Waals surface area contributed by atoms with E-state index >= 15 is 0 Å². The van der Waals surface area contributed by atoms with Crippen molar-refractivity contribution in [1.29, 1.82) is 0 Å². The molecule has 1 aromatic carbocycles. The molecule has 0 radical (unpaired) electrons. The monoisotopic (exact) mass is 300 g/mol. The van der Waals surface area contributed by atoms with E-state index in [0.29, 0.717) is 19.5 Å². The molecule has 22 heavy (non-hydrogen) atoms. The van der Waals surface area contributed by atoms with E-state index < -0.39 is 17.9 Å². The molecule has 116 valence electrons. The van der Waals surface area contributed by atoms with Gasteiger partial charge < -0.3 is 4.90 Å². The Labute approximate surface area is 130 Å². The molecule has 1 aromatic rings. The van der Waals surface area contributed by atoms with E-state index in [1.807, 2.05) is 44.2 Å². The molecule has 0 aliphatic carbocycles. The van der Waals surface area contributed by atoms with Crippen molar-refractivity contribution < 1.29 is 14.4 Å². The maximum atomic E-state index is 12.7. The first-order chi connectivity index (χ1) is 10.6. The molecule has 0 unspecified atom stereocenters. The Morgan fingerprint density at radius 2 is 1.59 bits per heavy atom. The predicted octanol–water partition coefficient (Wildman–Crippen LogP) is 1.39. The first-order valence-electron chi connectivity index (χ1n) is 7.46. The van der Waals surface area contributed by atoms with E-state index in [1.165, 1.54) is 12.2 Å². The van der Waals surface area contributed by atoms with Gasteiger partial charge in [0.15, 0.2) is 0 Å². The van der Waals surface area contributed by atoms with Gasteiger partial charge >= 0.3 is 0 Å². The number of nitrogens with zero attached hydrogens (tertiary/aromatic N) is 2. The fourth-order valence-electron chi connectivity index (χ4n) is 2.59. The van der Waals surface area contributed by atoms with Crippen LogP contribution in [0, 0.1) is 0 Å². The van der Waals surface area contributed by atoms with Crippen LogP contribution in [-0.2, 0) is 20.8 Å². The zero-order valence-corrected chi connectivity index (χ0v) is 12.9. The lowest BCUT2D eigenvalue weighted by Crippen LogP contribution is -2.52. The highest BCUT2D eigenvalue weighted by atomic mass is 16.2. The van der Waals surface area contributed by atoms with Gasteiger partial charge in [0.2, 0.25) is 5.91 Å². The SMILES string of the molecule is CCN(CC)C(=O)[C@H](Cc1ccccc1)N1C(=O)C=CC1=O. The summed E-state index contributed by atoms with van der Waals surface area (Å²) in [5, 5.41) is 0. The van der Waals surface area contributed by atoms with Crippen LogP contribution < -0.4 is 0 Å². The summed E-state index contributed by atoms with van der Waals surface area (Å²) in [5.74, 6) is -1.04. The topological polar surface area (TPSA) is 57.7 Å². The summed E-state index contributed by atoms with van der Waals surface area (Å²) in [6.07, 6.45) is 2.76. The summed E-state index contributed by atoms with van der Waals surface area (Å²) in [5.41, 5.74) is 0.917. The second-order valence-corrected chi connectivity index (χ2v) is 5.10. The molecule has 1 atom stereocenters. The predicted molar refractivity (Wildman–Crippen MR) is 82.9 cm³/mol. The van der Waals surface area contributed by atoms with Crippen LogP contribution in [0.2, 0.25) is 0 Å². The highest BCUT2D eigenvalue weighted by Crippen LogP contribution is 2.16. The lowest BCUT2D eigenvalue weighted by atomic mass is 10.0. The van der Waals surface area contributed by atoms with E-state index in [2.05, 4.69) is 0 Å². The van der Waals surface area contributed by atoms with Gasteiger partial charge in [-0.1, -0.05) is 30.3 Å². The highest BCUT2D eigenvalue weighted by molar-refractivity contribution is 6.15. The van der Waals surface area contributed by atoms with E-state index in [1.54, 1.807) is 4.90 Å². The number of rotatable bonds is 6. The fourth-order valence-corrected chi connectivity index (χ4v) is 2.59. The summed E-state index contributed by atoms with van der Waals surface area (Å²) in [6.45, 7) is 4.86. The standard InChI is InChI=1S/C17H20N2O3/c1-3-18(4-2)17(22)14(12-13-8-6-5-7-9-13)19-15(20)10-11-16(19)21/h5-11,14H,3-4,12H2,1-2H3/t14-/m0/s1. The third kappa shape index (κ3) is 3.24. The summed E-state index contributed by atoms with van der Waals surface area (Å²) in [7, 11) is 0. The average Bonchev–Trinajstić information content (AvgIpc) is 2.86. The van der Waals surface area contributed by atoms with E-state index in [0.717, 1.165) is 10.5 Å². The number of hydrogen-bond acceptors (Lipinski definition) is 3. The third-order valence-corrected chi connectivity index (χ3v) is 3.79. The van der Waals surface area contributed by atoms with Gasteiger partial charge in [-0.25, -0.2) is 0 Å². The van der Waals surface area contributed by atoms with E-state index in [4.69, 9.17) is 0 Å². The van der Waals surface area contributed by atoms with Crippen LogP contribution in [0.1, 0.15) is 19.4 Å². The molecule has 0 bridgehead atoms. The lowest BCUT2D eigenvalue weighted by Gasteiger charge is -2.30. The van der Waals surface area contributed by atoms with Crippen molar-refractivity contribution in [2.24, 2.45) is 0 Å². The Balaban J connectivity index is 2.30. The van der Waals surface area contributed by atoms with Crippen molar-refractivity contribution in [3.63, 3.8) is 0 Å². The third-order valence-electron chi connectivity index (χ3n) is 3.79. The van der Waals surface area contributed by atoms with Gasteiger partial charge in [-0.2, -0.15) is 0 Å². The van der Waals surface area contributed by atoms with Gasteiger partial charge in [-0.05, 0) is 19.4 Å². The molecule has 1 aliphatic heterocycles. The minimum absolute atomic E-state index is 0.195. The van der Waals surface area contributed by atoms with Crippen LogP contribution in [0.4, 0.5) is 0 Å². The number of likely N-dealkylation sites (N-methyl/N-ethyl adjacent to an activating group) is 1. The molecule has 0 saturated carbocycles. The number of carbonyl (C=O) groups is 3. The van der Waals surface area contributed by atoms with Gasteiger partial charge in [0.05, 0.1) is 0 Å². The number of benzene rings is 1. The van der Waals surface area contributed by atoms with Crippen molar-refractivity contribution >= 4 is 17.7 Å². The Morgan fingerprint density at radius 1 is 1.05 bits per heavy atom. The van der Waals surface area contributed by atoms with Crippen molar-refractivity contribution in [2.75, 3.05) is 13.1 Å². The van der Waals surface area contributed by atoms with Crippen LogP contribution in [0.15, 0.2) is 42.5 Å². The smallest absolute Gasteiger partial charge is 0.254 e. The van der Waals surface area contributed by atoms with Crippen LogP contribution in [0.5, 0.6) is 0 Å². The number of carbonyl (C=O) groups excluding carboxylic acids is 3. The number of amides is 3. The highest BCUT2D eigenvalue weighted by Gasteiger charge is 2.37. The van der Waals surface area contributed by atoms with Crippen molar-refractivity contribution in [3.8, 4) is 0 Å². The summed E-state index contributed by atoms with van der Waals surface area (Å²) < 4.78 is 0. The molecule has 0 spiro atoms. The molecule has 0 saturated heterocycles. The fraction of sp³-hybridized carbons (Fsp3) is 0.353. The molecule has 5 nitrogen and oxygen atoms in total. The molecule has 3 amide bonds. The quantitative estimate of drug-likeness (QED) is 0.746. The Bertz CT molecular complexity index is 573. The van der Waals surface area contributed by atoms with Crippen LogP contribution in [0.3, 0.4) is 0 Å². The zero-order valence-electron chi connectivity index (χ0n) is 12.9. The van der Waals surface area contributed by atoms with Gasteiger partial charge in [0.1, 0.15) is 6.04 Å². The normalized spacial score (nSPS) is 15.3. The number of hydrogen-bond donors (Lipinski definition) is 0. The van der Waals surface area contributed by atoms with Crippen molar-refractivity contribution in [1.82, 2.24) is 9.80 Å². The van der Waals surface area contributed by atoms with Gasteiger partial charge in [0.25, 0.3) is 11.8 Å². The number of imide groups is 1. The molecule has 0 N–H and O–H groups in total. The molecular formula is C17H20N2O3. The lowest BCUT2D eigenvalue weighted by molar-refractivity contribution is -0.149. The average molecular weight is 300 g/mol. The first kappa shape index (κ1) is 15.9. The Morgan fingerprint density at radius 3 is 2.09 bits per heavy atom. The molecule has 0 aromatic heterocycles. The summed E-state index contributed by atoms with van der Waals surface area (Å²) in [6, 6.07) is 8.62. The Kier molecular flexibility index (Phi) is 5.09.